The molecule has 150 valence electrons. The Balaban J connectivity index is 1.16. The van der Waals surface area contributed by atoms with Crippen LogP contribution in [0.15, 0.2) is 29.0 Å². The van der Waals surface area contributed by atoms with Gasteiger partial charge in [-0.1, -0.05) is 5.16 Å². The van der Waals surface area contributed by atoms with Crippen molar-refractivity contribution >= 4 is 5.91 Å². The highest BCUT2D eigenvalue weighted by Gasteiger charge is 2.35. The largest absolute Gasteiger partial charge is 0.339 e. The van der Waals surface area contributed by atoms with Gasteiger partial charge in [-0.15, -0.1) is 10.2 Å². The number of hydrogen-bond acceptors (Lipinski definition) is 7. The van der Waals surface area contributed by atoms with E-state index in [0.717, 1.165) is 17.2 Å². The maximum Gasteiger partial charge on any atom is 0.226 e. The fraction of sp³-hybridized carbons (Fsp3) is 0.500. The van der Waals surface area contributed by atoms with E-state index < -0.39 is 0 Å². The molecule has 1 aliphatic carbocycles. The van der Waals surface area contributed by atoms with Crippen LogP contribution >= 0.6 is 0 Å². The molecule has 29 heavy (non-hydrogen) atoms. The molecular formula is C20H23N7O2. The summed E-state index contributed by atoms with van der Waals surface area (Å²) in [7, 11) is 0. The van der Waals surface area contributed by atoms with Crippen molar-refractivity contribution in [2.24, 2.45) is 0 Å². The second kappa shape index (κ2) is 7.38. The second-order valence-corrected chi connectivity index (χ2v) is 7.85. The highest BCUT2D eigenvalue weighted by molar-refractivity contribution is 5.76. The number of aromatic nitrogens is 6. The van der Waals surface area contributed by atoms with E-state index >= 15 is 0 Å². The fourth-order valence-corrected chi connectivity index (χ4v) is 3.89. The first kappa shape index (κ1) is 18.0. The van der Waals surface area contributed by atoms with E-state index in [1.807, 2.05) is 17.0 Å². The minimum atomic E-state index is 0.131. The lowest BCUT2D eigenvalue weighted by Crippen LogP contribution is -2.40. The van der Waals surface area contributed by atoms with Crippen molar-refractivity contribution < 1.29 is 9.32 Å². The molecule has 0 radical (unpaired) electrons. The average Bonchev–Trinajstić information content (AvgIpc) is 3.31. The Morgan fingerprint density at radius 2 is 2.21 bits per heavy atom. The fourth-order valence-electron chi connectivity index (χ4n) is 3.89. The molecule has 5 rings (SSSR count). The van der Waals surface area contributed by atoms with Crippen LogP contribution in [0, 0.1) is 0 Å². The number of amides is 1. The number of rotatable bonds is 6. The van der Waals surface area contributed by atoms with Crippen molar-refractivity contribution in [1.29, 1.82) is 0 Å². The molecule has 1 atom stereocenters. The molecule has 0 spiro atoms. The van der Waals surface area contributed by atoms with Gasteiger partial charge in [0.1, 0.15) is 5.82 Å². The molecule has 0 saturated heterocycles. The standard InChI is InChI=1S/C20H23N7O2/c1-13-11-26(12-16-23-24-20(27(13)16)14-7-8-14)18(28)6-2-5-17-22-19(25-29-17)15-4-3-9-21-10-15/h3-4,9-10,13-14H,2,5-8,11-12H2,1H3/t13-/m0/s1. The maximum atomic E-state index is 12.7. The number of fused-ring (bicyclic) bond motifs is 1. The van der Waals surface area contributed by atoms with Gasteiger partial charge >= 0.3 is 0 Å². The molecular weight excluding hydrogens is 370 g/mol. The minimum Gasteiger partial charge on any atom is -0.339 e. The Labute approximate surface area is 168 Å². The molecule has 1 amide bonds. The molecule has 1 fully saturated rings. The van der Waals surface area contributed by atoms with Gasteiger partial charge in [0.05, 0.1) is 12.6 Å². The zero-order valence-electron chi connectivity index (χ0n) is 16.4. The summed E-state index contributed by atoms with van der Waals surface area (Å²) in [5.41, 5.74) is 0.815. The van der Waals surface area contributed by atoms with Crippen LogP contribution in [0.5, 0.6) is 0 Å². The van der Waals surface area contributed by atoms with Gasteiger partial charge < -0.3 is 14.0 Å². The molecule has 0 N–H and O–H groups in total. The molecule has 0 unspecified atom stereocenters. The Morgan fingerprint density at radius 1 is 1.31 bits per heavy atom. The van der Waals surface area contributed by atoms with Gasteiger partial charge in [0, 0.05) is 43.3 Å². The normalized spacial score (nSPS) is 18.7. The zero-order valence-corrected chi connectivity index (χ0v) is 16.4. The highest BCUT2D eigenvalue weighted by Crippen LogP contribution is 2.41. The lowest BCUT2D eigenvalue weighted by atomic mass is 10.1. The summed E-state index contributed by atoms with van der Waals surface area (Å²) >= 11 is 0. The Bertz CT molecular complexity index is 1010. The number of nitrogens with zero attached hydrogens (tertiary/aromatic N) is 7. The van der Waals surface area contributed by atoms with Gasteiger partial charge in [0.2, 0.25) is 17.6 Å². The van der Waals surface area contributed by atoms with Gasteiger partial charge in [-0.05, 0) is 38.3 Å². The molecule has 3 aromatic rings. The molecule has 9 heteroatoms. The number of pyridine rings is 1. The molecule has 9 nitrogen and oxygen atoms in total. The van der Waals surface area contributed by atoms with E-state index in [9.17, 15) is 4.79 Å². The van der Waals surface area contributed by atoms with Crippen molar-refractivity contribution in [2.45, 2.75) is 57.5 Å². The molecule has 1 aliphatic heterocycles. The topological polar surface area (TPSA) is 103 Å². The summed E-state index contributed by atoms with van der Waals surface area (Å²) in [6, 6.07) is 3.93. The van der Waals surface area contributed by atoms with Crippen molar-refractivity contribution in [2.75, 3.05) is 6.54 Å². The highest BCUT2D eigenvalue weighted by atomic mass is 16.5. The van der Waals surface area contributed by atoms with E-state index in [0.29, 0.717) is 50.0 Å². The van der Waals surface area contributed by atoms with Crippen LogP contribution in [0.1, 0.15) is 62.1 Å². The van der Waals surface area contributed by atoms with Crippen LogP contribution in [-0.2, 0) is 17.8 Å². The van der Waals surface area contributed by atoms with E-state index in [-0.39, 0.29) is 11.9 Å². The van der Waals surface area contributed by atoms with Gasteiger partial charge in [-0.2, -0.15) is 4.98 Å². The predicted molar refractivity (Wildman–Crippen MR) is 103 cm³/mol. The van der Waals surface area contributed by atoms with E-state index in [1.54, 1.807) is 12.4 Å². The number of hydrogen-bond donors (Lipinski definition) is 0. The quantitative estimate of drug-likeness (QED) is 0.634. The van der Waals surface area contributed by atoms with E-state index in [2.05, 4.69) is 36.8 Å². The third-order valence-electron chi connectivity index (χ3n) is 5.51. The third-order valence-corrected chi connectivity index (χ3v) is 5.51. The zero-order chi connectivity index (χ0) is 19.8. The number of carbonyl (C=O) groups excluding carboxylic acids is 1. The summed E-state index contributed by atoms with van der Waals surface area (Å²) in [6.45, 7) is 3.38. The monoisotopic (exact) mass is 393 g/mol. The van der Waals surface area contributed by atoms with Gasteiger partial charge in [-0.3, -0.25) is 9.78 Å². The molecule has 0 aromatic carbocycles. The minimum absolute atomic E-state index is 0.131. The molecule has 0 bridgehead atoms. The number of carbonyl (C=O) groups is 1. The summed E-state index contributed by atoms with van der Waals surface area (Å²) in [4.78, 5) is 23.1. The first-order valence-electron chi connectivity index (χ1n) is 10.1. The lowest BCUT2D eigenvalue weighted by Gasteiger charge is -2.32. The number of aryl methyl sites for hydroxylation is 1. The van der Waals surface area contributed by atoms with Crippen LogP contribution < -0.4 is 0 Å². The third kappa shape index (κ3) is 3.64. The Hall–Kier alpha value is -3.10. The van der Waals surface area contributed by atoms with Crippen molar-refractivity contribution in [1.82, 2.24) is 34.8 Å². The predicted octanol–water partition coefficient (Wildman–Crippen LogP) is 2.53. The first-order chi connectivity index (χ1) is 14.2. The SMILES string of the molecule is C[C@H]1CN(C(=O)CCCc2nc(-c3cccnc3)no2)Cc2nnc(C3CC3)n21. The van der Waals surface area contributed by atoms with Crippen molar-refractivity contribution in [3.63, 3.8) is 0 Å². The summed E-state index contributed by atoms with van der Waals surface area (Å²) in [5, 5.41) is 12.7. The molecule has 4 heterocycles. The van der Waals surface area contributed by atoms with Crippen LogP contribution in [0.4, 0.5) is 0 Å². The Kier molecular flexibility index (Phi) is 4.57. The van der Waals surface area contributed by atoms with E-state index in [1.165, 1.54) is 12.8 Å². The summed E-state index contributed by atoms with van der Waals surface area (Å²) < 4.78 is 7.54. The van der Waals surface area contributed by atoms with Crippen molar-refractivity contribution in [3.8, 4) is 11.4 Å². The molecule has 3 aromatic heterocycles. The summed E-state index contributed by atoms with van der Waals surface area (Å²) in [6.07, 6.45) is 7.48. The lowest BCUT2D eigenvalue weighted by molar-refractivity contribution is -0.133. The molecule has 1 saturated carbocycles. The maximum absolute atomic E-state index is 12.7. The van der Waals surface area contributed by atoms with E-state index in [4.69, 9.17) is 4.52 Å². The van der Waals surface area contributed by atoms with Gasteiger partial charge in [-0.25, -0.2) is 0 Å². The van der Waals surface area contributed by atoms with Crippen LogP contribution in [0.3, 0.4) is 0 Å². The first-order valence-corrected chi connectivity index (χ1v) is 10.1. The van der Waals surface area contributed by atoms with Crippen LogP contribution in [0.25, 0.3) is 11.4 Å². The average molecular weight is 393 g/mol. The van der Waals surface area contributed by atoms with Crippen LogP contribution in [0.2, 0.25) is 0 Å². The Morgan fingerprint density at radius 3 is 3.00 bits per heavy atom. The van der Waals surface area contributed by atoms with Crippen molar-refractivity contribution in [3.05, 3.63) is 42.1 Å². The van der Waals surface area contributed by atoms with Gasteiger partial charge in [0.15, 0.2) is 5.82 Å². The van der Waals surface area contributed by atoms with Gasteiger partial charge in [0.25, 0.3) is 0 Å². The second-order valence-electron chi connectivity index (χ2n) is 7.85. The van der Waals surface area contributed by atoms with Crippen LogP contribution in [-0.4, -0.2) is 47.2 Å². The summed E-state index contributed by atoms with van der Waals surface area (Å²) in [5.74, 6) is 3.75. The smallest absolute Gasteiger partial charge is 0.226 e. The molecule has 2 aliphatic rings.